The van der Waals surface area contributed by atoms with Crippen molar-refractivity contribution in [1.82, 2.24) is 15.1 Å². The van der Waals surface area contributed by atoms with E-state index in [0.717, 1.165) is 25.0 Å². The number of rotatable bonds is 4. The summed E-state index contributed by atoms with van der Waals surface area (Å²) in [7, 11) is 2.12. The molecule has 1 aromatic heterocycles. The van der Waals surface area contributed by atoms with E-state index >= 15 is 0 Å². The van der Waals surface area contributed by atoms with Crippen molar-refractivity contribution in [3.05, 3.63) is 11.3 Å². The highest BCUT2D eigenvalue weighted by Gasteiger charge is 2.35. The maximum atomic E-state index is 4.71. The molecule has 1 aromatic rings. The maximum absolute atomic E-state index is 4.71. The number of fused-ring (bicyclic) bond motifs is 1. The first-order valence-electron chi connectivity index (χ1n) is 8.72. The number of nitrogens with zero attached hydrogens (tertiary/aromatic N) is 3. The van der Waals surface area contributed by atoms with E-state index in [1.807, 2.05) is 0 Å². The summed E-state index contributed by atoms with van der Waals surface area (Å²) >= 11 is 0. The predicted molar refractivity (Wildman–Crippen MR) is 87.7 cm³/mol. The van der Waals surface area contributed by atoms with Gasteiger partial charge in [-0.2, -0.15) is 5.10 Å². The van der Waals surface area contributed by atoms with Crippen molar-refractivity contribution in [2.45, 2.75) is 65.0 Å². The molecule has 1 aliphatic heterocycles. The van der Waals surface area contributed by atoms with Crippen LogP contribution in [0.25, 0.3) is 0 Å². The third kappa shape index (κ3) is 2.83. The fraction of sp³-hybridized carbons (Fsp3) is 0.824. The SMILES string of the molecule is CCNCc1c(C)nn(C)c1N1CCCC2CCCCC21. The highest BCUT2D eigenvalue weighted by atomic mass is 15.4. The van der Waals surface area contributed by atoms with Crippen molar-refractivity contribution < 1.29 is 0 Å². The molecule has 0 radical (unpaired) electrons. The highest BCUT2D eigenvalue weighted by molar-refractivity contribution is 5.51. The minimum Gasteiger partial charge on any atom is -0.353 e. The first kappa shape index (κ1) is 14.9. The third-order valence-electron chi connectivity index (χ3n) is 5.38. The summed E-state index contributed by atoms with van der Waals surface area (Å²) in [5, 5.41) is 8.20. The van der Waals surface area contributed by atoms with E-state index in [1.54, 1.807) is 0 Å². The Morgan fingerprint density at radius 3 is 2.76 bits per heavy atom. The Morgan fingerprint density at radius 2 is 1.95 bits per heavy atom. The number of hydrogen-bond acceptors (Lipinski definition) is 3. The molecule has 118 valence electrons. The maximum Gasteiger partial charge on any atom is 0.131 e. The molecule has 2 aliphatic rings. The molecule has 0 amide bonds. The van der Waals surface area contributed by atoms with Crippen molar-refractivity contribution in [3.8, 4) is 0 Å². The van der Waals surface area contributed by atoms with Gasteiger partial charge in [0.1, 0.15) is 5.82 Å². The van der Waals surface area contributed by atoms with Gasteiger partial charge in [-0.05, 0) is 45.1 Å². The average Bonchev–Trinajstić information content (AvgIpc) is 2.78. The topological polar surface area (TPSA) is 33.1 Å². The van der Waals surface area contributed by atoms with Crippen LogP contribution in [0.15, 0.2) is 0 Å². The lowest BCUT2D eigenvalue weighted by Crippen LogP contribution is -2.48. The predicted octanol–water partition coefficient (Wildman–Crippen LogP) is 3.00. The number of aryl methyl sites for hydroxylation is 2. The van der Waals surface area contributed by atoms with E-state index < -0.39 is 0 Å². The molecule has 2 fully saturated rings. The van der Waals surface area contributed by atoms with Crippen molar-refractivity contribution in [1.29, 1.82) is 0 Å². The Labute approximate surface area is 128 Å². The van der Waals surface area contributed by atoms with Gasteiger partial charge in [-0.25, -0.2) is 0 Å². The van der Waals surface area contributed by atoms with Gasteiger partial charge in [-0.15, -0.1) is 0 Å². The Bertz CT molecular complexity index is 477. The molecule has 4 nitrogen and oxygen atoms in total. The second kappa shape index (κ2) is 6.39. The van der Waals surface area contributed by atoms with Crippen LogP contribution >= 0.6 is 0 Å². The molecule has 1 N–H and O–H groups in total. The van der Waals surface area contributed by atoms with Gasteiger partial charge < -0.3 is 10.2 Å². The van der Waals surface area contributed by atoms with E-state index in [2.05, 4.69) is 35.8 Å². The van der Waals surface area contributed by atoms with Crippen molar-refractivity contribution in [2.75, 3.05) is 18.0 Å². The van der Waals surface area contributed by atoms with Crippen LogP contribution in [0, 0.1) is 12.8 Å². The van der Waals surface area contributed by atoms with E-state index in [4.69, 9.17) is 5.10 Å². The van der Waals surface area contributed by atoms with Crippen LogP contribution < -0.4 is 10.2 Å². The monoisotopic (exact) mass is 290 g/mol. The second-order valence-electron chi connectivity index (χ2n) is 6.74. The van der Waals surface area contributed by atoms with E-state index in [0.29, 0.717) is 0 Å². The van der Waals surface area contributed by atoms with Crippen molar-refractivity contribution in [2.24, 2.45) is 13.0 Å². The Balaban J connectivity index is 1.90. The molecule has 0 bridgehead atoms. The van der Waals surface area contributed by atoms with Gasteiger partial charge in [0.15, 0.2) is 0 Å². The molecule has 0 aromatic carbocycles. The molecule has 21 heavy (non-hydrogen) atoms. The van der Waals surface area contributed by atoms with Crippen LogP contribution in [0.5, 0.6) is 0 Å². The Kier molecular flexibility index (Phi) is 4.53. The van der Waals surface area contributed by atoms with E-state index in [-0.39, 0.29) is 0 Å². The van der Waals surface area contributed by atoms with Crippen LogP contribution in [-0.2, 0) is 13.6 Å². The zero-order chi connectivity index (χ0) is 14.8. The molecule has 2 heterocycles. The molecule has 0 spiro atoms. The third-order valence-corrected chi connectivity index (χ3v) is 5.38. The van der Waals surface area contributed by atoms with Crippen LogP contribution in [0.4, 0.5) is 5.82 Å². The number of hydrogen-bond donors (Lipinski definition) is 1. The van der Waals surface area contributed by atoms with Gasteiger partial charge in [-0.3, -0.25) is 4.68 Å². The van der Waals surface area contributed by atoms with Gasteiger partial charge in [0, 0.05) is 31.7 Å². The first-order valence-corrected chi connectivity index (χ1v) is 8.72. The zero-order valence-corrected chi connectivity index (χ0v) is 13.9. The summed E-state index contributed by atoms with van der Waals surface area (Å²) in [4.78, 5) is 2.69. The van der Waals surface area contributed by atoms with Crippen LogP contribution in [0.3, 0.4) is 0 Å². The highest BCUT2D eigenvalue weighted by Crippen LogP contribution is 2.39. The molecule has 1 saturated heterocycles. The normalized spacial score (nSPS) is 26.0. The molecule has 4 heteroatoms. The lowest BCUT2D eigenvalue weighted by Gasteiger charge is -2.45. The molecular weight excluding hydrogens is 260 g/mol. The van der Waals surface area contributed by atoms with Gasteiger partial charge >= 0.3 is 0 Å². The summed E-state index contributed by atoms with van der Waals surface area (Å²) in [5.74, 6) is 2.29. The van der Waals surface area contributed by atoms with Crippen molar-refractivity contribution in [3.63, 3.8) is 0 Å². The number of aromatic nitrogens is 2. The summed E-state index contributed by atoms with van der Waals surface area (Å²) < 4.78 is 2.12. The fourth-order valence-electron chi connectivity index (χ4n) is 4.39. The number of piperidine rings is 1. The van der Waals surface area contributed by atoms with Gasteiger partial charge in [0.05, 0.1) is 5.69 Å². The zero-order valence-electron chi connectivity index (χ0n) is 13.9. The molecule has 1 saturated carbocycles. The lowest BCUT2D eigenvalue weighted by atomic mass is 9.78. The summed E-state index contributed by atoms with van der Waals surface area (Å²) in [6, 6.07) is 0.752. The number of nitrogens with one attached hydrogen (secondary N) is 1. The molecule has 2 unspecified atom stereocenters. The summed E-state index contributed by atoms with van der Waals surface area (Å²) in [5.41, 5.74) is 2.59. The minimum absolute atomic E-state index is 0.752. The van der Waals surface area contributed by atoms with Gasteiger partial charge in [0.25, 0.3) is 0 Å². The minimum atomic E-state index is 0.752. The van der Waals surface area contributed by atoms with E-state index in [1.165, 1.54) is 62.1 Å². The quantitative estimate of drug-likeness (QED) is 0.925. The first-order chi connectivity index (χ1) is 10.2. The molecule has 1 aliphatic carbocycles. The molecule has 2 atom stereocenters. The summed E-state index contributed by atoms with van der Waals surface area (Å²) in [6.07, 6.45) is 8.41. The average molecular weight is 290 g/mol. The Morgan fingerprint density at radius 1 is 1.19 bits per heavy atom. The fourth-order valence-corrected chi connectivity index (χ4v) is 4.39. The largest absolute Gasteiger partial charge is 0.353 e. The van der Waals surface area contributed by atoms with Crippen LogP contribution in [-0.4, -0.2) is 28.9 Å². The van der Waals surface area contributed by atoms with Crippen LogP contribution in [0.2, 0.25) is 0 Å². The van der Waals surface area contributed by atoms with E-state index in [9.17, 15) is 0 Å². The Hall–Kier alpha value is -1.03. The van der Waals surface area contributed by atoms with Crippen LogP contribution in [0.1, 0.15) is 56.7 Å². The molecule has 3 rings (SSSR count). The number of anilines is 1. The standard InChI is InChI=1S/C17H30N4/c1-4-18-12-15-13(2)19-20(3)17(15)21-11-7-9-14-8-5-6-10-16(14)21/h14,16,18H,4-12H2,1-3H3. The smallest absolute Gasteiger partial charge is 0.131 e. The van der Waals surface area contributed by atoms with Crippen molar-refractivity contribution >= 4 is 5.82 Å². The van der Waals surface area contributed by atoms with Gasteiger partial charge in [-0.1, -0.05) is 19.8 Å². The second-order valence-corrected chi connectivity index (χ2v) is 6.74. The lowest BCUT2D eigenvalue weighted by molar-refractivity contribution is 0.241. The summed E-state index contributed by atoms with van der Waals surface area (Å²) in [6.45, 7) is 7.49. The molecular formula is C17H30N4. The van der Waals surface area contributed by atoms with Gasteiger partial charge in [0.2, 0.25) is 0 Å².